The van der Waals surface area contributed by atoms with Gasteiger partial charge >= 0.3 is 0 Å². The van der Waals surface area contributed by atoms with E-state index >= 15 is 4.39 Å². The van der Waals surface area contributed by atoms with E-state index < -0.39 is 89.8 Å². The first-order valence-corrected chi connectivity index (χ1v) is 33.7. The van der Waals surface area contributed by atoms with Crippen LogP contribution >= 0.6 is 25.3 Å². The molecule has 4 aromatic rings. The van der Waals surface area contributed by atoms with E-state index in [1.165, 1.54) is 67.4 Å². The molecule has 3 fully saturated rings. The van der Waals surface area contributed by atoms with Gasteiger partial charge < -0.3 is 69.2 Å². The van der Waals surface area contributed by atoms with Crippen LogP contribution in [-0.2, 0) is 73.6 Å². The van der Waals surface area contributed by atoms with Gasteiger partial charge in [-0.1, -0.05) is 32.6 Å². The summed E-state index contributed by atoms with van der Waals surface area (Å²) in [6, 6.07) is 0. The summed E-state index contributed by atoms with van der Waals surface area (Å²) in [4.78, 5) is 48.3. The van der Waals surface area contributed by atoms with E-state index in [-0.39, 0.29) is 29.3 Å². The molecule has 0 radical (unpaired) electrons. The van der Waals surface area contributed by atoms with Gasteiger partial charge in [-0.25, -0.2) is 24.3 Å². The third-order valence-electron chi connectivity index (χ3n) is 14.0. The Balaban J connectivity index is 0.000000517. The van der Waals surface area contributed by atoms with Gasteiger partial charge in [0.2, 0.25) is 6.80 Å². The van der Waals surface area contributed by atoms with Gasteiger partial charge in [0.1, 0.15) is 60.6 Å². The fourth-order valence-electron chi connectivity index (χ4n) is 8.69. The van der Waals surface area contributed by atoms with E-state index in [2.05, 4.69) is 61.5 Å². The summed E-state index contributed by atoms with van der Waals surface area (Å²) >= 11 is 12.5. The number of ether oxygens (including phenoxy) is 2. The smallest absolute Gasteiger partial charge is 0.281 e. The Morgan fingerprint density at radius 2 is 1.55 bits per heavy atom. The Bertz CT molecular complexity index is 2530. The molecule has 8 heterocycles. The molecule has 400 valence electrons. The molecule has 27 heteroatoms. The second kappa shape index (κ2) is 24.9. The number of nitrogens with one attached hydrogen (secondary N) is 2. The largest absolute Gasteiger partial charge is 0.780 e. The summed E-state index contributed by atoms with van der Waals surface area (Å²) in [5.74, 6) is 0.877. The molecule has 0 aliphatic carbocycles. The number of rotatable bonds is 12. The third-order valence-corrected chi connectivity index (χ3v) is 22.7. The molecule has 0 spiro atoms. The quantitative estimate of drug-likeness (QED) is 0.0800. The molecule has 8 rings (SSSR count). The zero-order chi connectivity index (χ0) is 52.1. The fourth-order valence-corrected chi connectivity index (χ4v) is 13.8. The SMILES string of the molecule is CC(C)(C)[Si](C)(C)O[C@H]1[C@H]2OP(=O)([S-])OC[C@H]3O[C@@H](n4cc5c6c(ncnc64)SCCC5)[C@H](F)[C@@H]3OP([O-])(=S)OC[C@H]1O[C@H]2n1cnc2c(=O)n(CCN)cnc21.CC[NH+](CC)CC.CC[NH+](CC)CC. The van der Waals surface area contributed by atoms with Crippen molar-refractivity contribution in [2.45, 2.75) is 154 Å². The summed E-state index contributed by atoms with van der Waals surface area (Å²) in [5.41, 5.74) is 6.78. The van der Waals surface area contributed by atoms with Crippen LogP contribution in [0.25, 0.3) is 22.2 Å². The molecular weight excluding hydrogens is 1030 g/mol. The molecular formula is C44H75FN10O10P2S3Si. The maximum absolute atomic E-state index is 16.7. The normalized spacial score (nSPS) is 29.4. The number of halogens is 1. The minimum Gasteiger partial charge on any atom is -0.780 e. The van der Waals surface area contributed by atoms with E-state index in [0.29, 0.717) is 5.65 Å². The lowest BCUT2D eigenvalue weighted by Crippen LogP contribution is -3.11. The number of hydrogen-bond acceptors (Lipinski definition) is 18. The summed E-state index contributed by atoms with van der Waals surface area (Å²) in [7, 11) is -2.70. The van der Waals surface area contributed by atoms with Gasteiger partial charge in [0.25, 0.3) is 5.56 Å². The Morgan fingerprint density at radius 1 is 0.915 bits per heavy atom. The summed E-state index contributed by atoms with van der Waals surface area (Å²) < 4.78 is 78.5. The molecule has 0 aromatic carbocycles. The lowest BCUT2D eigenvalue weighted by atomic mass is 10.1. The topological polar surface area (TPSA) is 223 Å². The molecule has 0 saturated carbocycles. The number of fused-ring (bicyclic) bond motifs is 4. The molecule has 0 amide bonds. The van der Waals surface area contributed by atoms with Gasteiger partial charge in [-0.3, -0.25) is 18.5 Å². The highest BCUT2D eigenvalue weighted by Crippen LogP contribution is 2.55. The second-order valence-electron chi connectivity index (χ2n) is 19.4. The van der Waals surface area contributed by atoms with Crippen LogP contribution in [0, 0.1) is 0 Å². The van der Waals surface area contributed by atoms with Crippen molar-refractivity contribution < 1.29 is 55.6 Å². The first kappa shape index (κ1) is 58.5. The summed E-state index contributed by atoms with van der Waals surface area (Å²) in [6.07, 6.45) is -3.42. The highest BCUT2D eigenvalue weighted by Gasteiger charge is 2.54. The van der Waals surface area contributed by atoms with Gasteiger partial charge in [-0.15, -0.1) is 11.8 Å². The Kier molecular flexibility index (Phi) is 20.6. The van der Waals surface area contributed by atoms with Crippen LogP contribution in [0.3, 0.4) is 0 Å². The molecule has 71 heavy (non-hydrogen) atoms. The number of aromatic nitrogens is 7. The summed E-state index contributed by atoms with van der Waals surface area (Å²) in [6.45, 7) is 21.3. The molecule has 4 N–H and O–H groups in total. The summed E-state index contributed by atoms with van der Waals surface area (Å²) in [5, 5.41) is 1.25. The number of nitrogens with two attached hydrogens (primary N) is 1. The third kappa shape index (κ3) is 13.6. The van der Waals surface area contributed by atoms with Crippen LogP contribution in [0.1, 0.15) is 86.8 Å². The van der Waals surface area contributed by atoms with Crippen molar-refractivity contribution in [2.75, 3.05) is 64.8 Å². The maximum Gasteiger partial charge on any atom is 0.281 e. The lowest BCUT2D eigenvalue weighted by molar-refractivity contribution is -0.894. The Morgan fingerprint density at radius 3 is 2.15 bits per heavy atom. The standard InChI is InChI=1S/C32H45FN8O10P2S3Si.2C6H15N/c1-32(2,3)57(4,5)51-24-19-13-46-52(43,54)49-23-18(47-30(21(23)33)40-11-17-7-6-10-56-28-20(17)26(40)35-14-36-28)12-45-53(44,55)50-25(24)31(48-19)41-16-37-22-27(41)38-15-39(9-8-34)29(22)42;2*1-4-7(5-2)6-3/h11,14-16,18-19,21,23-25,30-31H,6-10,12-13,34H2,1-5H3,(H,43,54)(H,44,55);2*4-6H2,1-3H3/t18-,19-,21-,23-,24-,25-,30-,31-,52?,53?;;/m1../s1. The van der Waals surface area contributed by atoms with Crippen molar-refractivity contribution in [3.8, 4) is 0 Å². The number of imidazole rings is 1. The number of thioether (sulfide) groups is 1. The molecule has 10 atom stereocenters. The van der Waals surface area contributed by atoms with E-state index in [0.717, 1.165) is 34.6 Å². The monoisotopic (exact) mass is 1110 g/mol. The van der Waals surface area contributed by atoms with Gasteiger partial charge in [0.15, 0.2) is 38.1 Å². The molecule has 4 aromatic heterocycles. The second-order valence-corrected chi connectivity index (χ2v) is 30.7. The van der Waals surface area contributed by atoms with Crippen molar-refractivity contribution >= 4 is 79.8 Å². The van der Waals surface area contributed by atoms with Crippen molar-refractivity contribution in [3.05, 3.63) is 41.1 Å². The van der Waals surface area contributed by atoms with E-state index in [1.54, 1.807) is 32.3 Å². The predicted molar refractivity (Wildman–Crippen MR) is 278 cm³/mol. The van der Waals surface area contributed by atoms with Crippen molar-refractivity contribution in [3.63, 3.8) is 0 Å². The minimum absolute atomic E-state index is 0.0199. The zero-order valence-corrected chi connectivity index (χ0v) is 48.1. The van der Waals surface area contributed by atoms with Gasteiger partial charge in [0, 0.05) is 19.3 Å². The van der Waals surface area contributed by atoms with E-state index in [1.807, 2.05) is 33.9 Å². The minimum atomic E-state index is -4.52. The number of alkyl halides is 1. The van der Waals surface area contributed by atoms with Crippen LogP contribution in [0.2, 0.25) is 18.1 Å². The first-order valence-electron chi connectivity index (χ1n) is 24.7. The van der Waals surface area contributed by atoms with Crippen LogP contribution in [-0.4, -0.2) is 143 Å². The van der Waals surface area contributed by atoms with E-state index in [4.69, 9.17) is 61.8 Å². The van der Waals surface area contributed by atoms with Crippen molar-refractivity contribution in [2.24, 2.45) is 5.73 Å². The van der Waals surface area contributed by atoms with E-state index in [9.17, 15) is 14.3 Å². The molecule has 4 aliphatic heterocycles. The lowest BCUT2D eigenvalue weighted by Gasteiger charge is -2.41. The molecule has 20 nitrogen and oxygen atoms in total. The highest BCUT2D eigenvalue weighted by molar-refractivity contribution is 8.32. The van der Waals surface area contributed by atoms with Crippen LogP contribution in [0.5, 0.6) is 0 Å². The average Bonchev–Trinajstić information content (AvgIpc) is 4.04. The van der Waals surface area contributed by atoms with Crippen LogP contribution in [0.15, 0.2) is 35.0 Å². The Hall–Kier alpha value is -1.74. The molecule has 4 aliphatic rings. The van der Waals surface area contributed by atoms with Gasteiger partial charge in [-0.2, -0.15) is 0 Å². The fraction of sp³-hybridized carbons (Fsp3) is 0.750. The number of hydrogen-bond donors (Lipinski definition) is 3. The highest BCUT2D eigenvalue weighted by atomic mass is 32.7. The average molecular weight is 1110 g/mol. The maximum atomic E-state index is 16.7. The van der Waals surface area contributed by atoms with Gasteiger partial charge in [0.05, 0.1) is 64.2 Å². The number of nitrogens with zero attached hydrogens (tertiary/aromatic N) is 7. The number of aryl methyl sites for hydroxylation is 1. The molecule has 2 bridgehead atoms. The van der Waals surface area contributed by atoms with Gasteiger partial charge in [-0.05, 0) is 83.8 Å². The predicted octanol–water partition coefficient (Wildman–Crippen LogP) is 3.48. The zero-order valence-electron chi connectivity index (χ0n) is 42.9. The van der Waals surface area contributed by atoms with Crippen LogP contribution in [0.4, 0.5) is 4.39 Å². The number of quaternary nitrogens is 2. The Labute approximate surface area is 432 Å². The molecule has 2 unspecified atom stereocenters. The van der Waals surface area contributed by atoms with Crippen molar-refractivity contribution in [1.29, 1.82) is 0 Å². The van der Waals surface area contributed by atoms with Crippen LogP contribution < -0.4 is 26.0 Å². The molecule has 3 saturated heterocycles. The van der Waals surface area contributed by atoms with Crippen molar-refractivity contribution in [1.82, 2.24) is 33.6 Å². The first-order chi connectivity index (χ1) is 33.6.